The van der Waals surface area contributed by atoms with Crippen molar-refractivity contribution in [2.24, 2.45) is 5.92 Å². The number of carbonyl (C=O) groups is 1. The SMILES string of the molecule is O=C(CCC1CCCCC1)Nc1ccc(S(=O)(=O)N2CCCC[C@@H]2c2cccnc2)cc1. The van der Waals surface area contributed by atoms with Crippen LogP contribution in [-0.2, 0) is 14.8 Å². The third kappa shape index (κ3) is 5.56. The Morgan fingerprint density at radius 3 is 2.47 bits per heavy atom. The van der Waals surface area contributed by atoms with Crippen LogP contribution in [0.25, 0.3) is 0 Å². The first-order valence-electron chi connectivity index (χ1n) is 11.9. The molecule has 1 aromatic carbocycles. The number of aromatic nitrogens is 1. The van der Waals surface area contributed by atoms with Crippen molar-refractivity contribution >= 4 is 21.6 Å². The maximum Gasteiger partial charge on any atom is 0.243 e. The summed E-state index contributed by atoms with van der Waals surface area (Å²) in [4.78, 5) is 16.8. The quantitative estimate of drug-likeness (QED) is 0.615. The van der Waals surface area contributed by atoms with Crippen LogP contribution in [-0.4, -0.2) is 30.2 Å². The molecule has 2 fully saturated rings. The lowest BCUT2D eigenvalue weighted by atomic mass is 9.86. The molecule has 1 amide bonds. The number of sulfonamides is 1. The highest BCUT2D eigenvalue weighted by Crippen LogP contribution is 2.35. The van der Waals surface area contributed by atoms with Crippen LogP contribution in [0.1, 0.15) is 75.8 Å². The van der Waals surface area contributed by atoms with Crippen molar-refractivity contribution in [1.82, 2.24) is 9.29 Å². The molecule has 2 aromatic rings. The molecule has 1 saturated carbocycles. The first kappa shape index (κ1) is 22.9. The number of rotatable bonds is 7. The fourth-order valence-electron chi connectivity index (χ4n) is 4.98. The number of pyridine rings is 1. The van der Waals surface area contributed by atoms with Gasteiger partial charge in [0.2, 0.25) is 15.9 Å². The highest BCUT2D eigenvalue weighted by Gasteiger charge is 2.34. The Bertz CT molecular complexity index is 987. The minimum atomic E-state index is -3.64. The van der Waals surface area contributed by atoms with Crippen LogP contribution >= 0.6 is 0 Å². The Kier molecular flexibility index (Phi) is 7.58. The van der Waals surface area contributed by atoms with E-state index in [-0.39, 0.29) is 16.8 Å². The van der Waals surface area contributed by atoms with Crippen molar-refractivity contribution < 1.29 is 13.2 Å². The summed E-state index contributed by atoms with van der Waals surface area (Å²) in [5.41, 5.74) is 1.57. The van der Waals surface area contributed by atoms with Crippen LogP contribution in [0.2, 0.25) is 0 Å². The lowest BCUT2D eigenvalue weighted by molar-refractivity contribution is -0.116. The van der Waals surface area contributed by atoms with E-state index < -0.39 is 10.0 Å². The molecule has 2 heterocycles. The molecule has 2 aliphatic rings. The largest absolute Gasteiger partial charge is 0.326 e. The number of hydrogen-bond acceptors (Lipinski definition) is 4. The van der Waals surface area contributed by atoms with Gasteiger partial charge in [0.1, 0.15) is 0 Å². The van der Waals surface area contributed by atoms with Crippen molar-refractivity contribution in [3.05, 3.63) is 54.4 Å². The van der Waals surface area contributed by atoms with Gasteiger partial charge in [0.05, 0.1) is 10.9 Å². The Morgan fingerprint density at radius 1 is 1.00 bits per heavy atom. The molecule has 1 aromatic heterocycles. The van der Waals surface area contributed by atoms with Gasteiger partial charge in [-0.05, 0) is 61.1 Å². The number of carbonyl (C=O) groups excluding carboxylic acids is 1. The lowest BCUT2D eigenvalue weighted by Crippen LogP contribution is -2.38. The molecule has 0 unspecified atom stereocenters. The first-order chi connectivity index (χ1) is 15.5. The van der Waals surface area contributed by atoms with Gasteiger partial charge < -0.3 is 5.32 Å². The molecular formula is C25H33N3O3S. The first-order valence-corrected chi connectivity index (χ1v) is 13.3. The number of nitrogens with one attached hydrogen (secondary N) is 1. The molecule has 6 nitrogen and oxygen atoms in total. The second-order valence-corrected chi connectivity index (χ2v) is 10.9. The molecule has 1 aliphatic carbocycles. The van der Waals surface area contributed by atoms with Gasteiger partial charge in [-0.3, -0.25) is 9.78 Å². The molecule has 1 aliphatic heterocycles. The van der Waals surface area contributed by atoms with E-state index in [0.717, 1.165) is 31.2 Å². The van der Waals surface area contributed by atoms with Crippen LogP contribution in [0.15, 0.2) is 53.7 Å². The van der Waals surface area contributed by atoms with Crippen molar-refractivity contribution in [1.29, 1.82) is 0 Å². The summed E-state index contributed by atoms with van der Waals surface area (Å²) in [6, 6.07) is 10.2. The monoisotopic (exact) mass is 455 g/mol. The lowest BCUT2D eigenvalue weighted by Gasteiger charge is -2.34. The van der Waals surface area contributed by atoms with Gasteiger partial charge in [-0.2, -0.15) is 4.31 Å². The average molecular weight is 456 g/mol. The Hall–Kier alpha value is -2.25. The summed E-state index contributed by atoms with van der Waals surface area (Å²) >= 11 is 0. The van der Waals surface area contributed by atoms with Gasteiger partial charge in [0, 0.05) is 31.0 Å². The zero-order valence-electron chi connectivity index (χ0n) is 18.6. The summed E-state index contributed by atoms with van der Waals surface area (Å²) in [7, 11) is -3.64. The number of amides is 1. The van der Waals surface area contributed by atoms with Gasteiger partial charge in [0.15, 0.2) is 0 Å². The van der Waals surface area contributed by atoms with E-state index in [4.69, 9.17) is 0 Å². The molecule has 1 N–H and O–H groups in total. The van der Waals surface area contributed by atoms with Crippen molar-refractivity contribution in [3.63, 3.8) is 0 Å². The fraction of sp³-hybridized carbons (Fsp3) is 0.520. The molecule has 32 heavy (non-hydrogen) atoms. The minimum Gasteiger partial charge on any atom is -0.326 e. The van der Waals surface area contributed by atoms with Gasteiger partial charge in [-0.25, -0.2) is 8.42 Å². The average Bonchev–Trinajstić information content (AvgIpc) is 2.84. The third-order valence-corrected chi connectivity index (χ3v) is 8.69. The van der Waals surface area contributed by atoms with Gasteiger partial charge in [-0.1, -0.05) is 44.6 Å². The standard InChI is InChI=1S/C25H33N3O3S/c29-25(16-11-20-7-2-1-3-8-20)27-22-12-14-23(15-13-22)32(30,31)28-18-5-4-10-24(28)21-9-6-17-26-19-21/h6,9,12-15,17,19-20,24H,1-5,7-8,10-11,16,18H2,(H,27,29)/t24-/m1/s1. The number of piperidine rings is 1. The van der Waals surface area contributed by atoms with Crippen LogP contribution in [0, 0.1) is 5.92 Å². The molecular weight excluding hydrogens is 422 g/mol. The minimum absolute atomic E-state index is 0.00106. The van der Waals surface area contributed by atoms with E-state index in [1.54, 1.807) is 41.0 Å². The molecule has 0 spiro atoms. The van der Waals surface area contributed by atoms with E-state index in [9.17, 15) is 13.2 Å². The topological polar surface area (TPSA) is 79.4 Å². The summed E-state index contributed by atoms with van der Waals surface area (Å²) in [5.74, 6) is 0.665. The normalized spacial score (nSPS) is 20.7. The zero-order valence-corrected chi connectivity index (χ0v) is 19.4. The maximum absolute atomic E-state index is 13.4. The zero-order chi connectivity index (χ0) is 22.4. The van der Waals surface area contributed by atoms with E-state index in [0.29, 0.717) is 24.6 Å². The molecule has 1 atom stereocenters. The number of nitrogens with zero attached hydrogens (tertiary/aromatic N) is 2. The van der Waals surface area contributed by atoms with E-state index in [1.807, 2.05) is 12.1 Å². The second kappa shape index (κ2) is 10.6. The van der Waals surface area contributed by atoms with E-state index >= 15 is 0 Å². The summed E-state index contributed by atoms with van der Waals surface area (Å²) < 4.78 is 28.4. The fourth-order valence-corrected chi connectivity index (χ4v) is 6.66. The molecule has 1 saturated heterocycles. The van der Waals surface area contributed by atoms with Gasteiger partial charge in [-0.15, -0.1) is 0 Å². The highest BCUT2D eigenvalue weighted by atomic mass is 32.2. The number of anilines is 1. The Labute approximate surface area is 191 Å². The molecule has 172 valence electrons. The highest BCUT2D eigenvalue weighted by molar-refractivity contribution is 7.89. The van der Waals surface area contributed by atoms with Crippen LogP contribution in [0.5, 0.6) is 0 Å². The molecule has 4 rings (SSSR count). The van der Waals surface area contributed by atoms with Gasteiger partial charge >= 0.3 is 0 Å². The summed E-state index contributed by atoms with van der Waals surface area (Å²) in [6.45, 7) is 0.502. The predicted octanol–water partition coefficient (Wildman–Crippen LogP) is 5.30. The summed E-state index contributed by atoms with van der Waals surface area (Å²) in [6.07, 6.45) is 13.9. The third-order valence-electron chi connectivity index (χ3n) is 6.77. The van der Waals surface area contributed by atoms with Crippen LogP contribution in [0.4, 0.5) is 5.69 Å². The second-order valence-electron chi connectivity index (χ2n) is 9.03. The van der Waals surface area contributed by atoms with Gasteiger partial charge in [0.25, 0.3) is 0 Å². The molecule has 0 bridgehead atoms. The summed E-state index contributed by atoms with van der Waals surface area (Å²) in [5, 5.41) is 2.92. The van der Waals surface area contributed by atoms with Crippen molar-refractivity contribution in [2.75, 3.05) is 11.9 Å². The van der Waals surface area contributed by atoms with Crippen molar-refractivity contribution in [3.8, 4) is 0 Å². The Balaban J connectivity index is 1.40. The number of benzene rings is 1. The smallest absolute Gasteiger partial charge is 0.243 e. The Morgan fingerprint density at radius 2 is 1.75 bits per heavy atom. The molecule has 7 heteroatoms. The predicted molar refractivity (Wildman–Crippen MR) is 126 cm³/mol. The van der Waals surface area contributed by atoms with Crippen LogP contribution in [0.3, 0.4) is 0 Å². The van der Waals surface area contributed by atoms with Crippen LogP contribution < -0.4 is 5.32 Å². The van der Waals surface area contributed by atoms with Crippen molar-refractivity contribution in [2.45, 2.75) is 75.1 Å². The number of hydrogen-bond donors (Lipinski definition) is 1. The maximum atomic E-state index is 13.4. The van der Waals surface area contributed by atoms with E-state index in [2.05, 4.69) is 10.3 Å². The van der Waals surface area contributed by atoms with E-state index in [1.165, 1.54) is 32.1 Å². The molecule has 0 radical (unpaired) electrons.